The average Bonchev–Trinajstić information content (AvgIpc) is 2.28. The third-order valence-corrected chi connectivity index (χ3v) is 2.28. The molecule has 0 bridgehead atoms. The first-order valence-corrected chi connectivity index (χ1v) is 5.00. The highest BCUT2D eigenvalue weighted by Gasteiger charge is 2.19. The highest BCUT2D eigenvalue weighted by Crippen LogP contribution is 2.27. The number of ketones is 1. The standard InChI is InChI=1S/C11H14N2O4/c1-6(7(2)14)13-11(16)9-10(15)8(17-3)4-5-12-9/h4-6,15H,1-3H3,(H,13,16). The summed E-state index contributed by atoms with van der Waals surface area (Å²) in [5.41, 5.74) is -0.169. The molecule has 0 aromatic carbocycles. The number of amides is 1. The summed E-state index contributed by atoms with van der Waals surface area (Å²) in [5, 5.41) is 12.1. The summed E-state index contributed by atoms with van der Waals surface area (Å²) in [4.78, 5) is 26.4. The second kappa shape index (κ2) is 5.29. The molecule has 0 radical (unpaired) electrons. The maximum Gasteiger partial charge on any atom is 0.274 e. The molecule has 2 N–H and O–H groups in total. The van der Waals surface area contributed by atoms with Crippen LogP contribution in [0, 0.1) is 0 Å². The molecule has 6 nitrogen and oxygen atoms in total. The quantitative estimate of drug-likeness (QED) is 0.797. The van der Waals surface area contributed by atoms with Gasteiger partial charge in [0.05, 0.1) is 13.2 Å². The maximum atomic E-state index is 11.7. The summed E-state index contributed by atoms with van der Waals surface area (Å²) < 4.78 is 4.85. The van der Waals surface area contributed by atoms with Crippen molar-refractivity contribution >= 4 is 11.7 Å². The van der Waals surface area contributed by atoms with Crippen molar-refractivity contribution in [3.63, 3.8) is 0 Å². The summed E-state index contributed by atoms with van der Waals surface area (Å²) in [7, 11) is 1.37. The van der Waals surface area contributed by atoms with E-state index in [2.05, 4.69) is 10.3 Å². The third-order valence-electron chi connectivity index (χ3n) is 2.28. The van der Waals surface area contributed by atoms with Gasteiger partial charge in [-0.05, 0) is 13.8 Å². The molecular formula is C11H14N2O4. The van der Waals surface area contributed by atoms with E-state index in [1.54, 1.807) is 6.92 Å². The van der Waals surface area contributed by atoms with Gasteiger partial charge in [-0.2, -0.15) is 0 Å². The van der Waals surface area contributed by atoms with Crippen LogP contribution in [0.1, 0.15) is 24.3 Å². The summed E-state index contributed by atoms with van der Waals surface area (Å²) in [6.07, 6.45) is 1.34. The van der Waals surface area contributed by atoms with Crippen molar-refractivity contribution in [3.8, 4) is 11.5 Å². The number of carbonyl (C=O) groups excluding carboxylic acids is 2. The topological polar surface area (TPSA) is 88.5 Å². The molecule has 1 aromatic heterocycles. The van der Waals surface area contributed by atoms with E-state index in [1.165, 1.54) is 26.3 Å². The van der Waals surface area contributed by atoms with Crippen molar-refractivity contribution in [1.82, 2.24) is 10.3 Å². The van der Waals surface area contributed by atoms with Gasteiger partial charge >= 0.3 is 0 Å². The van der Waals surface area contributed by atoms with E-state index in [0.29, 0.717) is 0 Å². The molecule has 0 spiro atoms. The van der Waals surface area contributed by atoms with Crippen molar-refractivity contribution in [2.45, 2.75) is 19.9 Å². The highest BCUT2D eigenvalue weighted by atomic mass is 16.5. The van der Waals surface area contributed by atoms with Gasteiger partial charge in [-0.25, -0.2) is 4.98 Å². The fourth-order valence-electron chi connectivity index (χ4n) is 1.13. The molecule has 6 heteroatoms. The van der Waals surface area contributed by atoms with Crippen LogP contribution in [0.5, 0.6) is 11.5 Å². The Morgan fingerprint density at radius 3 is 2.71 bits per heavy atom. The minimum Gasteiger partial charge on any atom is -0.503 e. The predicted molar refractivity (Wildman–Crippen MR) is 60.1 cm³/mol. The van der Waals surface area contributed by atoms with Crippen molar-refractivity contribution in [1.29, 1.82) is 0 Å². The lowest BCUT2D eigenvalue weighted by Crippen LogP contribution is -2.37. The van der Waals surface area contributed by atoms with Gasteiger partial charge in [0.1, 0.15) is 0 Å². The Morgan fingerprint density at radius 2 is 2.18 bits per heavy atom. The van der Waals surface area contributed by atoms with E-state index in [0.717, 1.165) is 0 Å². The second-order valence-corrected chi connectivity index (χ2v) is 3.52. The van der Waals surface area contributed by atoms with Crippen LogP contribution in [0.3, 0.4) is 0 Å². The summed E-state index contributed by atoms with van der Waals surface area (Å²) >= 11 is 0. The summed E-state index contributed by atoms with van der Waals surface area (Å²) in [5.74, 6) is -0.992. The van der Waals surface area contributed by atoms with Crippen LogP contribution < -0.4 is 10.1 Å². The van der Waals surface area contributed by atoms with E-state index in [4.69, 9.17) is 4.74 Å². The first kappa shape index (κ1) is 13.0. The molecule has 0 aliphatic rings. The zero-order valence-electron chi connectivity index (χ0n) is 9.85. The molecule has 0 aliphatic carbocycles. The number of methoxy groups -OCH3 is 1. The van der Waals surface area contributed by atoms with Gasteiger partial charge in [-0.3, -0.25) is 9.59 Å². The number of aromatic nitrogens is 1. The molecular weight excluding hydrogens is 224 g/mol. The van der Waals surface area contributed by atoms with Gasteiger partial charge < -0.3 is 15.2 Å². The molecule has 1 unspecified atom stereocenters. The Hall–Kier alpha value is -2.11. The first-order chi connectivity index (χ1) is 7.97. The molecule has 92 valence electrons. The summed E-state index contributed by atoms with van der Waals surface area (Å²) in [6, 6.07) is 0.801. The molecule has 1 atom stereocenters. The maximum absolute atomic E-state index is 11.7. The van der Waals surface area contributed by atoms with Crippen LogP contribution in [0.4, 0.5) is 0 Å². The fraction of sp³-hybridized carbons (Fsp3) is 0.364. The molecule has 1 rings (SSSR count). The number of ether oxygens (including phenoxy) is 1. The van der Waals surface area contributed by atoms with E-state index in [-0.39, 0.29) is 23.0 Å². The molecule has 17 heavy (non-hydrogen) atoms. The Kier molecular flexibility index (Phi) is 4.03. The van der Waals surface area contributed by atoms with E-state index < -0.39 is 11.9 Å². The lowest BCUT2D eigenvalue weighted by atomic mass is 10.2. The monoisotopic (exact) mass is 238 g/mol. The van der Waals surface area contributed by atoms with E-state index in [1.807, 2.05) is 0 Å². The molecule has 0 fully saturated rings. The lowest BCUT2D eigenvalue weighted by Gasteiger charge is -2.11. The van der Waals surface area contributed by atoms with Gasteiger partial charge in [-0.15, -0.1) is 0 Å². The molecule has 1 amide bonds. The van der Waals surface area contributed by atoms with Crippen LogP contribution in [0.25, 0.3) is 0 Å². The minimum absolute atomic E-state index is 0.153. The number of hydrogen-bond donors (Lipinski definition) is 2. The number of hydrogen-bond acceptors (Lipinski definition) is 5. The Balaban J connectivity index is 2.93. The van der Waals surface area contributed by atoms with Gasteiger partial charge in [0.15, 0.2) is 23.0 Å². The van der Waals surface area contributed by atoms with Crippen molar-refractivity contribution in [3.05, 3.63) is 18.0 Å². The molecule has 1 aromatic rings. The lowest BCUT2D eigenvalue weighted by molar-refractivity contribution is -0.118. The number of rotatable bonds is 4. The molecule has 0 aliphatic heterocycles. The Bertz CT molecular complexity index is 445. The minimum atomic E-state index is -0.630. The molecule has 1 heterocycles. The summed E-state index contributed by atoms with van der Waals surface area (Å²) in [6.45, 7) is 2.92. The van der Waals surface area contributed by atoms with Crippen LogP contribution in [-0.4, -0.2) is 34.9 Å². The number of nitrogens with one attached hydrogen (secondary N) is 1. The number of Topliss-reactive ketones (excluding diaryl/α,β-unsaturated/α-hetero) is 1. The smallest absolute Gasteiger partial charge is 0.274 e. The van der Waals surface area contributed by atoms with E-state index >= 15 is 0 Å². The van der Waals surface area contributed by atoms with Crippen LogP contribution in [0.15, 0.2) is 12.3 Å². The van der Waals surface area contributed by atoms with Gasteiger partial charge in [0.2, 0.25) is 0 Å². The highest BCUT2D eigenvalue weighted by molar-refractivity contribution is 5.98. The van der Waals surface area contributed by atoms with Crippen molar-refractivity contribution in [2.24, 2.45) is 0 Å². The third kappa shape index (κ3) is 2.93. The SMILES string of the molecule is COc1ccnc(C(=O)NC(C)C(C)=O)c1O. The fourth-order valence-corrected chi connectivity index (χ4v) is 1.13. The van der Waals surface area contributed by atoms with Crippen molar-refractivity contribution in [2.75, 3.05) is 7.11 Å². The normalized spacial score (nSPS) is 11.7. The van der Waals surface area contributed by atoms with Gasteiger partial charge in [-0.1, -0.05) is 0 Å². The van der Waals surface area contributed by atoms with Crippen LogP contribution in [0.2, 0.25) is 0 Å². The number of nitrogens with zero attached hydrogens (tertiary/aromatic N) is 1. The second-order valence-electron chi connectivity index (χ2n) is 3.52. The zero-order chi connectivity index (χ0) is 13.0. The predicted octanol–water partition coefficient (Wildman–Crippen LogP) is 0.503. The number of aromatic hydroxyl groups is 1. The Labute approximate surface area is 98.6 Å². The van der Waals surface area contributed by atoms with Gasteiger partial charge in [0, 0.05) is 12.3 Å². The average molecular weight is 238 g/mol. The largest absolute Gasteiger partial charge is 0.503 e. The zero-order valence-corrected chi connectivity index (χ0v) is 9.85. The van der Waals surface area contributed by atoms with E-state index in [9.17, 15) is 14.7 Å². The van der Waals surface area contributed by atoms with Gasteiger partial charge in [0.25, 0.3) is 5.91 Å². The Morgan fingerprint density at radius 1 is 1.53 bits per heavy atom. The first-order valence-electron chi connectivity index (χ1n) is 5.00. The van der Waals surface area contributed by atoms with Crippen LogP contribution >= 0.6 is 0 Å². The van der Waals surface area contributed by atoms with Crippen molar-refractivity contribution < 1.29 is 19.4 Å². The number of carbonyl (C=O) groups is 2. The molecule has 0 saturated heterocycles. The number of pyridine rings is 1. The van der Waals surface area contributed by atoms with Crippen LogP contribution in [-0.2, 0) is 4.79 Å². The molecule has 0 saturated carbocycles.